The smallest absolute Gasteiger partial charge is 0.253 e. The van der Waals surface area contributed by atoms with Crippen molar-refractivity contribution in [2.75, 3.05) is 18.4 Å². The molecule has 0 bridgehead atoms. The highest BCUT2D eigenvalue weighted by atomic mass is 16.3. The maximum Gasteiger partial charge on any atom is 0.253 e. The van der Waals surface area contributed by atoms with E-state index in [9.17, 15) is 14.4 Å². The molecule has 7 nitrogen and oxygen atoms in total. The number of nitrogens with zero attached hydrogens (tertiary/aromatic N) is 1. The summed E-state index contributed by atoms with van der Waals surface area (Å²) >= 11 is 0. The topological polar surface area (TPSA) is 91.6 Å². The van der Waals surface area contributed by atoms with Gasteiger partial charge in [-0.05, 0) is 36.2 Å². The molecule has 1 saturated heterocycles. The number of para-hydroxylation sites is 1. The Morgan fingerprint density at radius 3 is 2.56 bits per heavy atom. The Hall–Kier alpha value is -3.87. The number of rotatable bonds is 8. The summed E-state index contributed by atoms with van der Waals surface area (Å²) in [5.74, 6) is -0.404. The molecule has 164 valence electrons. The van der Waals surface area contributed by atoms with Gasteiger partial charge in [0, 0.05) is 19.5 Å². The van der Waals surface area contributed by atoms with Crippen LogP contribution >= 0.6 is 0 Å². The molecule has 3 aromatic rings. The molecule has 1 aromatic heterocycles. The fraction of sp³-hybridized carbons (Fsp3) is 0.240. The normalized spacial score (nSPS) is 15.6. The van der Waals surface area contributed by atoms with E-state index in [1.165, 1.54) is 0 Å². The zero-order chi connectivity index (χ0) is 22.3. The second-order valence-electron chi connectivity index (χ2n) is 7.77. The Labute approximate surface area is 186 Å². The first kappa shape index (κ1) is 21.4. The minimum Gasteiger partial charge on any atom is -0.467 e. The van der Waals surface area contributed by atoms with E-state index in [4.69, 9.17) is 4.42 Å². The highest BCUT2D eigenvalue weighted by Gasteiger charge is 2.34. The van der Waals surface area contributed by atoms with Crippen LogP contribution in [0.1, 0.15) is 28.1 Å². The number of hydrogen-bond donors (Lipinski definition) is 2. The lowest BCUT2D eigenvalue weighted by atomic mass is 10.1. The van der Waals surface area contributed by atoms with Gasteiger partial charge in [0.1, 0.15) is 5.76 Å². The molecule has 0 saturated carbocycles. The Bertz CT molecular complexity index is 1080. The van der Waals surface area contributed by atoms with E-state index >= 15 is 0 Å². The quantitative estimate of drug-likeness (QED) is 0.573. The maximum absolute atomic E-state index is 12.9. The molecule has 7 heteroatoms. The van der Waals surface area contributed by atoms with Gasteiger partial charge in [0.05, 0.1) is 30.0 Å². The van der Waals surface area contributed by atoms with Gasteiger partial charge < -0.3 is 20.0 Å². The van der Waals surface area contributed by atoms with Crippen LogP contribution in [0.15, 0.2) is 77.4 Å². The van der Waals surface area contributed by atoms with Crippen LogP contribution in [-0.4, -0.2) is 35.7 Å². The van der Waals surface area contributed by atoms with Crippen molar-refractivity contribution < 1.29 is 18.8 Å². The molecule has 2 N–H and O–H groups in total. The molecule has 1 aliphatic heterocycles. The summed E-state index contributed by atoms with van der Waals surface area (Å²) in [6.07, 6.45) is 2.47. The second kappa shape index (κ2) is 9.96. The Morgan fingerprint density at radius 2 is 1.78 bits per heavy atom. The van der Waals surface area contributed by atoms with Crippen LogP contribution in [0, 0.1) is 5.92 Å². The number of likely N-dealkylation sites (tertiary alicyclic amines) is 1. The number of anilines is 1. The van der Waals surface area contributed by atoms with Gasteiger partial charge in [-0.1, -0.05) is 42.5 Å². The lowest BCUT2D eigenvalue weighted by Crippen LogP contribution is -2.30. The fourth-order valence-corrected chi connectivity index (χ4v) is 3.77. The molecular formula is C25H25N3O4. The van der Waals surface area contributed by atoms with Crippen molar-refractivity contribution in [2.24, 2.45) is 5.92 Å². The van der Waals surface area contributed by atoms with Crippen molar-refractivity contribution in [3.63, 3.8) is 0 Å². The van der Waals surface area contributed by atoms with Gasteiger partial charge in [-0.25, -0.2) is 0 Å². The number of benzene rings is 2. The first-order valence-corrected chi connectivity index (χ1v) is 10.6. The number of furan rings is 1. The van der Waals surface area contributed by atoms with E-state index in [-0.39, 0.29) is 30.7 Å². The summed E-state index contributed by atoms with van der Waals surface area (Å²) in [6.45, 7) is 1.21. The van der Waals surface area contributed by atoms with Crippen LogP contribution in [0.25, 0.3) is 0 Å². The SMILES string of the molecule is O=C(NCc1ccco1)c1ccccc1NC(=O)C1CC(=O)N(CCc2ccccc2)C1. The van der Waals surface area contributed by atoms with Crippen molar-refractivity contribution in [1.82, 2.24) is 10.2 Å². The van der Waals surface area contributed by atoms with Gasteiger partial charge in [-0.2, -0.15) is 0 Å². The van der Waals surface area contributed by atoms with Crippen molar-refractivity contribution in [3.8, 4) is 0 Å². The minimum atomic E-state index is -0.447. The summed E-state index contributed by atoms with van der Waals surface area (Å²) in [4.78, 5) is 39.6. The molecule has 0 aliphatic carbocycles. The molecule has 1 atom stereocenters. The zero-order valence-electron chi connectivity index (χ0n) is 17.6. The molecular weight excluding hydrogens is 406 g/mol. The third-order valence-corrected chi connectivity index (χ3v) is 5.53. The van der Waals surface area contributed by atoms with Crippen LogP contribution < -0.4 is 10.6 Å². The molecule has 0 spiro atoms. The number of carbonyl (C=O) groups excluding carboxylic acids is 3. The summed E-state index contributed by atoms with van der Waals surface area (Å²) in [6, 6.07) is 20.3. The monoisotopic (exact) mass is 431 g/mol. The third kappa shape index (κ3) is 5.24. The standard InChI is InChI=1S/C25H25N3O4/c29-23-15-19(17-28(23)13-12-18-7-2-1-3-8-18)24(30)27-22-11-5-4-10-21(22)25(31)26-16-20-9-6-14-32-20/h1-11,14,19H,12-13,15-17H2,(H,26,31)(H,27,30). The van der Waals surface area contributed by atoms with E-state index in [0.717, 1.165) is 12.0 Å². The highest BCUT2D eigenvalue weighted by Crippen LogP contribution is 2.22. The van der Waals surface area contributed by atoms with Crippen molar-refractivity contribution in [3.05, 3.63) is 89.9 Å². The van der Waals surface area contributed by atoms with E-state index in [2.05, 4.69) is 10.6 Å². The average molecular weight is 431 g/mol. The molecule has 3 amide bonds. The lowest BCUT2D eigenvalue weighted by Gasteiger charge is -2.17. The average Bonchev–Trinajstić information content (AvgIpc) is 3.47. The highest BCUT2D eigenvalue weighted by molar-refractivity contribution is 6.05. The predicted molar refractivity (Wildman–Crippen MR) is 120 cm³/mol. The van der Waals surface area contributed by atoms with Crippen LogP contribution in [-0.2, 0) is 22.6 Å². The van der Waals surface area contributed by atoms with Crippen molar-refractivity contribution >= 4 is 23.4 Å². The molecule has 1 fully saturated rings. The molecule has 2 aromatic carbocycles. The number of amides is 3. The van der Waals surface area contributed by atoms with Gasteiger partial charge in [0.2, 0.25) is 11.8 Å². The Morgan fingerprint density at radius 1 is 1.00 bits per heavy atom. The van der Waals surface area contributed by atoms with Crippen LogP contribution in [0.2, 0.25) is 0 Å². The lowest BCUT2D eigenvalue weighted by molar-refractivity contribution is -0.128. The Kier molecular flexibility index (Phi) is 6.65. The van der Waals surface area contributed by atoms with Crippen molar-refractivity contribution in [1.29, 1.82) is 0 Å². The summed E-state index contributed by atoms with van der Waals surface area (Å²) in [5, 5.41) is 5.62. The molecule has 32 heavy (non-hydrogen) atoms. The number of hydrogen-bond acceptors (Lipinski definition) is 4. The summed E-state index contributed by atoms with van der Waals surface area (Å²) in [7, 11) is 0. The van der Waals surface area contributed by atoms with Gasteiger partial charge >= 0.3 is 0 Å². The van der Waals surface area contributed by atoms with E-state index in [1.807, 2.05) is 30.3 Å². The van der Waals surface area contributed by atoms with E-state index in [1.54, 1.807) is 47.6 Å². The molecule has 1 aliphatic rings. The van der Waals surface area contributed by atoms with Crippen LogP contribution in [0.5, 0.6) is 0 Å². The fourth-order valence-electron chi connectivity index (χ4n) is 3.77. The largest absolute Gasteiger partial charge is 0.467 e. The molecule has 2 heterocycles. The number of nitrogens with one attached hydrogen (secondary N) is 2. The zero-order valence-corrected chi connectivity index (χ0v) is 17.6. The van der Waals surface area contributed by atoms with Crippen LogP contribution in [0.3, 0.4) is 0 Å². The van der Waals surface area contributed by atoms with Gasteiger partial charge in [-0.3, -0.25) is 14.4 Å². The van der Waals surface area contributed by atoms with Crippen molar-refractivity contribution in [2.45, 2.75) is 19.4 Å². The summed E-state index contributed by atoms with van der Waals surface area (Å²) in [5.41, 5.74) is 1.94. The molecule has 1 unspecified atom stereocenters. The summed E-state index contributed by atoms with van der Waals surface area (Å²) < 4.78 is 5.23. The van der Waals surface area contributed by atoms with Gasteiger partial charge in [0.15, 0.2) is 0 Å². The predicted octanol–water partition coefficient (Wildman–Crippen LogP) is 3.24. The maximum atomic E-state index is 12.9. The van der Waals surface area contributed by atoms with E-state index < -0.39 is 5.92 Å². The first-order valence-electron chi connectivity index (χ1n) is 10.6. The second-order valence-corrected chi connectivity index (χ2v) is 7.77. The first-order chi connectivity index (χ1) is 15.6. The third-order valence-electron chi connectivity index (χ3n) is 5.53. The van der Waals surface area contributed by atoms with Gasteiger partial charge in [-0.15, -0.1) is 0 Å². The molecule has 4 rings (SSSR count). The Balaban J connectivity index is 1.34. The molecule has 0 radical (unpaired) electrons. The van der Waals surface area contributed by atoms with E-state index in [0.29, 0.717) is 30.1 Å². The minimum absolute atomic E-state index is 0.0226. The van der Waals surface area contributed by atoms with Gasteiger partial charge in [0.25, 0.3) is 5.91 Å². The van der Waals surface area contributed by atoms with Crippen LogP contribution in [0.4, 0.5) is 5.69 Å². The number of carbonyl (C=O) groups is 3.